The van der Waals surface area contributed by atoms with Gasteiger partial charge in [0.15, 0.2) is 0 Å². The summed E-state index contributed by atoms with van der Waals surface area (Å²) >= 11 is 4.56. The van der Waals surface area contributed by atoms with Crippen LogP contribution in [0.4, 0.5) is 4.39 Å². The first kappa shape index (κ1) is 15.0. The molecule has 1 aromatic carbocycles. The number of carbonyl (C=O) groups excluding carboxylic acids is 2. The van der Waals surface area contributed by atoms with Gasteiger partial charge in [-0.3, -0.25) is 9.59 Å². The molecule has 0 unspecified atom stereocenters. The molecule has 0 aliphatic rings. The molecule has 19 heavy (non-hydrogen) atoms. The van der Waals surface area contributed by atoms with E-state index in [9.17, 15) is 14.0 Å². The number of amides is 2. The average Bonchev–Trinajstić information content (AvgIpc) is 2.38. The Morgan fingerprint density at radius 1 is 1.16 bits per heavy atom. The molecule has 0 fully saturated rings. The van der Waals surface area contributed by atoms with Crippen LogP contribution >= 0.6 is 12.2 Å². The summed E-state index contributed by atoms with van der Waals surface area (Å²) in [6, 6.07) is 5.92. The maximum absolute atomic E-state index is 12.6. The minimum Gasteiger partial charge on any atom is -0.392 e. The molecule has 1 aromatic rings. The second kappa shape index (κ2) is 7.42. The summed E-state index contributed by atoms with van der Waals surface area (Å²) < 4.78 is 12.6. The summed E-state index contributed by atoms with van der Waals surface area (Å²) in [6.07, 6.45) is 0.509. The predicted octanol–water partition coefficient (Wildman–Crippen LogP) is -0.113. The molecule has 0 saturated heterocycles. The number of thiocarbonyl (C=S) groups is 1. The van der Waals surface area contributed by atoms with Gasteiger partial charge in [-0.15, -0.1) is 0 Å². The van der Waals surface area contributed by atoms with Crippen molar-refractivity contribution < 1.29 is 14.0 Å². The molecule has 7 heteroatoms. The summed E-state index contributed by atoms with van der Waals surface area (Å²) in [5.74, 6) is -1.85. The van der Waals surface area contributed by atoms with Crippen LogP contribution in [0.5, 0.6) is 0 Å². The smallest absolute Gasteiger partial charge is 0.309 e. The van der Waals surface area contributed by atoms with E-state index in [4.69, 9.17) is 5.73 Å². The molecule has 2 amide bonds. The van der Waals surface area contributed by atoms with E-state index >= 15 is 0 Å². The monoisotopic (exact) mass is 283 g/mol. The third-order valence-electron chi connectivity index (χ3n) is 2.24. The summed E-state index contributed by atoms with van der Waals surface area (Å²) in [6.45, 7) is 0.268. The Hall–Kier alpha value is -2.02. The van der Waals surface area contributed by atoms with Crippen molar-refractivity contribution in [2.45, 2.75) is 6.42 Å². The minimum atomic E-state index is -0.785. The van der Waals surface area contributed by atoms with Crippen molar-refractivity contribution in [2.24, 2.45) is 5.73 Å². The van der Waals surface area contributed by atoms with Crippen molar-refractivity contribution in [3.05, 3.63) is 35.6 Å². The fourth-order valence-electron chi connectivity index (χ4n) is 1.30. The maximum Gasteiger partial charge on any atom is 0.309 e. The molecule has 102 valence electrons. The Morgan fingerprint density at radius 3 is 2.32 bits per heavy atom. The Morgan fingerprint density at radius 2 is 1.74 bits per heavy atom. The van der Waals surface area contributed by atoms with Crippen LogP contribution in [0.15, 0.2) is 24.3 Å². The molecule has 0 saturated carbocycles. The molecule has 0 heterocycles. The van der Waals surface area contributed by atoms with E-state index in [1.807, 2.05) is 0 Å². The van der Waals surface area contributed by atoms with Crippen LogP contribution in [0.1, 0.15) is 5.56 Å². The highest BCUT2D eigenvalue weighted by Gasteiger charge is 2.12. The highest BCUT2D eigenvalue weighted by molar-refractivity contribution is 7.80. The molecule has 5 nitrogen and oxygen atoms in total. The van der Waals surface area contributed by atoms with Crippen LogP contribution in [-0.2, 0) is 16.0 Å². The van der Waals surface area contributed by atoms with E-state index in [1.165, 1.54) is 12.1 Å². The number of nitrogens with one attached hydrogen (secondary N) is 2. The van der Waals surface area contributed by atoms with Crippen molar-refractivity contribution in [3.63, 3.8) is 0 Å². The highest BCUT2D eigenvalue weighted by Crippen LogP contribution is 2.02. The maximum atomic E-state index is 12.6. The van der Waals surface area contributed by atoms with Gasteiger partial charge in [0.1, 0.15) is 5.82 Å². The Bertz CT molecular complexity index is 476. The van der Waals surface area contributed by atoms with Gasteiger partial charge in [0, 0.05) is 6.54 Å². The molecule has 4 N–H and O–H groups in total. The van der Waals surface area contributed by atoms with Gasteiger partial charge in [-0.1, -0.05) is 24.4 Å². The lowest BCUT2D eigenvalue weighted by Crippen LogP contribution is -2.43. The van der Waals surface area contributed by atoms with Crippen molar-refractivity contribution in [2.75, 3.05) is 13.1 Å². The zero-order valence-corrected chi connectivity index (χ0v) is 10.9. The van der Waals surface area contributed by atoms with Gasteiger partial charge < -0.3 is 16.4 Å². The van der Waals surface area contributed by atoms with Gasteiger partial charge >= 0.3 is 11.8 Å². The van der Waals surface area contributed by atoms with Crippen molar-refractivity contribution in [3.8, 4) is 0 Å². The van der Waals surface area contributed by atoms with Crippen molar-refractivity contribution in [1.82, 2.24) is 10.6 Å². The third-order valence-corrected chi connectivity index (χ3v) is 2.39. The third kappa shape index (κ3) is 5.91. The van der Waals surface area contributed by atoms with Crippen molar-refractivity contribution >= 4 is 29.0 Å². The quantitative estimate of drug-likeness (QED) is 0.520. The lowest BCUT2D eigenvalue weighted by Gasteiger charge is -2.06. The van der Waals surface area contributed by atoms with Crippen LogP contribution in [-0.4, -0.2) is 29.9 Å². The second-order valence-electron chi connectivity index (χ2n) is 3.78. The zero-order valence-electron chi connectivity index (χ0n) is 10.1. The molecular formula is C12H14FN3O2S. The Balaban J connectivity index is 2.28. The lowest BCUT2D eigenvalue weighted by molar-refractivity contribution is -0.139. The molecule has 0 spiro atoms. The topological polar surface area (TPSA) is 84.2 Å². The standard InChI is InChI=1S/C12H14FN3O2S/c13-9-3-1-8(2-4-9)5-6-15-11(17)12(18)16-7-10(14)19/h1-4H,5-7H2,(H2,14,19)(H,15,17)(H,16,18). The zero-order chi connectivity index (χ0) is 14.3. The van der Waals surface area contributed by atoms with Gasteiger partial charge in [0.2, 0.25) is 0 Å². The first-order valence-corrected chi connectivity index (χ1v) is 5.98. The van der Waals surface area contributed by atoms with Crippen molar-refractivity contribution in [1.29, 1.82) is 0 Å². The van der Waals surface area contributed by atoms with E-state index in [1.54, 1.807) is 12.1 Å². The van der Waals surface area contributed by atoms with Gasteiger partial charge in [0.25, 0.3) is 0 Å². The number of carbonyl (C=O) groups is 2. The van der Waals surface area contributed by atoms with Crippen LogP contribution < -0.4 is 16.4 Å². The molecular weight excluding hydrogens is 269 g/mol. The summed E-state index contributed by atoms with van der Waals surface area (Å²) in [4.78, 5) is 22.7. The van der Waals surface area contributed by atoms with E-state index < -0.39 is 11.8 Å². The van der Waals surface area contributed by atoms with Crippen LogP contribution in [0.3, 0.4) is 0 Å². The number of hydrogen-bond donors (Lipinski definition) is 3. The molecule has 0 aliphatic heterocycles. The molecule has 0 bridgehead atoms. The van der Waals surface area contributed by atoms with Crippen LogP contribution in [0.2, 0.25) is 0 Å². The number of nitrogens with two attached hydrogens (primary N) is 1. The first-order valence-electron chi connectivity index (χ1n) is 5.58. The average molecular weight is 283 g/mol. The van der Waals surface area contributed by atoms with Gasteiger partial charge in [-0.25, -0.2) is 4.39 Å². The largest absolute Gasteiger partial charge is 0.392 e. The van der Waals surface area contributed by atoms with E-state index in [0.717, 1.165) is 5.56 Å². The van der Waals surface area contributed by atoms with Crippen LogP contribution in [0.25, 0.3) is 0 Å². The van der Waals surface area contributed by atoms with E-state index in [2.05, 4.69) is 22.9 Å². The fourth-order valence-corrected chi connectivity index (χ4v) is 1.37. The van der Waals surface area contributed by atoms with E-state index in [-0.39, 0.29) is 23.9 Å². The Labute approximate surface area is 115 Å². The molecule has 0 aromatic heterocycles. The lowest BCUT2D eigenvalue weighted by atomic mass is 10.1. The first-order chi connectivity index (χ1) is 8.99. The predicted molar refractivity (Wildman–Crippen MR) is 72.9 cm³/mol. The number of rotatable bonds is 5. The van der Waals surface area contributed by atoms with Crippen LogP contribution in [0, 0.1) is 5.82 Å². The van der Waals surface area contributed by atoms with Gasteiger partial charge in [-0.2, -0.15) is 0 Å². The summed E-state index contributed by atoms with van der Waals surface area (Å²) in [5.41, 5.74) is 6.05. The molecule has 0 aliphatic carbocycles. The Kier molecular flexibility index (Phi) is 5.87. The second-order valence-corrected chi connectivity index (χ2v) is 4.31. The molecule has 0 radical (unpaired) electrons. The number of halogens is 1. The SMILES string of the molecule is NC(=S)CNC(=O)C(=O)NCCc1ccc(F)cc1. The molecule has 0 atom stereocenters. The highest BCUT2D eigenvalue weighted by atomic mass is 32.1. The van der Waals surface area contributed by atoms with E-state index in [0.29, 0.717) is 6.42 Å². The summed E-state index contributed by atoms with van der Waals surface area (Å²) in [5, 5.41) is 4.71. The van der Waals surface area contributed by atoms with Gasteiger partial charge in [-0.05, 0) is 24.1 Å². The minimum absolute atomic E-state index is 0.0143. The summed E-state index contributed by atoms with van der Waals surface area (Å²) in [7, 11) is 0. The van der Waals surface area contributed by atoms with Gasteiger partial charge in [0.05, 0.1) is 11.5 Å². The normalized spacial score (nSPS) is 9.74. The molecule has 1 rings (SSSR count). The number of benzene rings is 1. The fraction of sp³-hybridized carbons (Fsp3) is 0.250. The number of hydrogen-bond acceptors (Lipinski definition) is 3.